The van der Waals surface area contributed by atoms with Crippen LogP contribution in [0.1, 0.15) is 10.4 Å². The minimum absolute atomic E-state index is 0.0636. The van der Waals surface area contributed by atoms with E-state index in [1.165, 1.54) is 12.1 Å². The van der Waals surface area contributed by atoms with Crippen molar-refractivity contribution < 1.29 is 9.90 Å². The summed E-state index contributed by atoms with van der Waals surface area (Å²) in [4.78, 5) is 10.4. The smallest absolute Gasteiger partial charge is 0.0736 e. The molecular formula is C7H4BrClNO2-. The molecule has 3 nitrogen and oxygen atoms in total. The molecule has 0 spiro atoms. The van der Waals surface area contributed by atoms with Gasteiger partial charge in [-0.05, 0) is 28.1 Å². The summed E-state index contributed by atoms with van der Waals surface area (Å²) in [5, 5.41) is 10.8. The fourth-order valence-electron chi connectivity index (χ4n) is 0.739. The summed E-state index contributed by atoms with van der Waals surface area (Å²) in [7, 11) is 0. The van der Waals surface area contributed by atoms with E-state index in [4.69, 9.17) is 17.3 Å². The molecule has 0 bridgehead atoms. The molecule has 0 unspecified atom stereocenters. The predicted molar refractivity (Wildman–Crippen MR) is 47.9 cm³/mol. The van der Waals surface area contributed by atoms with E-state index in [0.29, 0.717) is 9.50 Å². The first-order valence-corrected chi connectivity index (χ1v) is 4.15. The topological polar surface area (TPSA) is 66.2 Å². The minimum atomic E-state index is -1.31. The largest absolute Gasteiger partial charge is 0.545 e. The third-order valence-electron chi connectivity index (χ3n) is 1.31. The molecule has 0 radical (unpaired) electrons. The molecule has 0 fully saturated rings. The number of nitrogen functional groups attached to an aromatic ring is 1. The van der Waals surface area contributed by atoms with Crippen LogP contribution in [-0.2, 0) is 0 Å². The number of hydrogen-bond acceptors (Lipinski definition) is 3. The van der Waals surface area contributed by atoms with E-state index < -0.39 is 5.97 Å². The van der Waals surface area contributed by atoms with Crippen molar-refractivity contribution in [3.05, 3.63) is 27.2 Å². The fourth-order valence-corrected chi connectivity index (χ4v) is 1.25. The summed E-state index contributed by atoms with van der Waals surface area (Å²) >= 11 is 8.72. The van der Waals surface area contributed by atoms with Gasteiger partial charge in [0.2, 0.25) is 0 Å². The van der Waals surface area contributed by atoms with Crippen molar-refractivity contribution >= 4 is 39.2 Å². The first kappa shape index (κ1) is 9.35. The number of benzene rings is 1. The van der Waals surface area contributed by atoms with Crippen LogP contribution < -0.4 is 10.8 Å². The number of carbonyl (C=O) groups excluding carboxylic acids is 1. The van der Waals surface area contributed by atoms with Crippen molar-refractivity contribution in [2.24, 2.45) is 0 Å². The molecule has 0 aliphatic heterocycles. The van der Waals surface area contributed by atoms with Crippen LogP contribution in [0.4, 0.5) is 5.69 Å². The average molecular weight is 249 g/mol. The summed E-state index contributed by atoms with van der Waals surface area (Å²) in [6.07, 6.45) is 0. The van der Waals surface area contributed by atoms with E-state index in [-0.39, 0.29) is 11.3 Å². The molecule has 5 heteroatoms. The highest BCUT2D eigenvalue weighted by molar-refractivity contribution is 9.10. The SMILES string of the molecule is Nc1cc(Cl)c(Br)cc1C(=O)[O-]. The lowest BCUT2D eigenvalue weighted by Crippen LogP contribution is -2.23. The Morgan fingerprint density at radius 2 is 2.17 bits per heavy atom. The molecule has 2 N–H and O–H groups in total. The standard InChI is InChI=1S/C7H5BrClNO2/c8-4-1-3(7(11)12)6(10)2-5(4)9/h1-2H,10H2,(H,11,12)/p-1. The molecule has 1 aromatic carbocycles. The van der Waals surface area contributed by atoms with E-state index in [9.17, 15) is 9.90 Å². The van der Waals surface area contributed by atoms with Crippen molar-refractivity contribution in [1.29, 1.82) is 0 Å². The quantitative estimate of drug-likeness (QED) is 0.757. The Bertz CT molecular complexity index is 340. The lowest BCUT2D eigenvalue weighted by atomic mass is 10.2. The van der Waals surface area contributed by atoms with Gasteiger partial charge in [-0.3, -0.25) is 0 Å². The normalized spacial score (nSPS) is 9.83. The molecular weight excluding hydrogens is 245 g/mol. The molecule has 12 heavy (non-hydrogen) atoms. The molecule has 64 valence electrons. The summed E-state index contributed by atoms with van der Waals surface area (Å²) < 4.78 is 0.484. The number of anilines is 1. The van der Waals surface area contributed by atoms with Crippen LogP contribution in [-0.4, -0.2) is 5.97 Å². The van der Waals surface area contributed by atoms with Gasteiger partial charge in [0.15, 0.2) is 0 Å². The fraction of sp³-hybridized carbons (Fsp3) is 0. The van der Waals surface area contributed by atoms with Crippen LogP contribution in [0.15, 0.2) is 16.6 Å². The molecule has 0 saturated carbocycles. The van der Waals surface area contributed by atoms with E-state index in [0.717, 1.165) is 0 Å². The van der Waals surface area contributed by atoms with Gasteiger partial charge in [0.25, 0.3) is 0 Å². The average Bonchev–Trinajstić information content (AvgIpc) is 1.96. The van der Waals surface area contributed by atoms with Gasteiger partial charge >= 0.3 is 0 Å². The molecule has 1 rings (SSSR count). The minimum Gasteiger partial charge on any atom is -0.545 e. The molecule has 1 aromatic rings. The maximum Gasteiger partial charge on any atom is 0.0736 e. The molecule has 0 aliphatic carbocycles. The van der Waals surface area contributed by atoms with Crippen LogP contribution in [0, 0.1) is 0 Å². The number of rotatable bonds is 1. The Hall–Kier alpha value is -0.740. The summed E-state index contributed by atoms with van der Waals surface area (Å²) in [6, 6.07) is 2.67. The maximum atomic E-state index is 10.4. The Kier molecular flexibility index (Phi) is 2.59. The number of hydrogen-bond donors (Lipinski definition) is 1. The van der Waals surface area contributed by atoms with E-state index >= 15 is 0 Å². The number of aromatic carboxylic acids is 1. The summed E-state index contributed by atoms with van der Waals surface area (Å²) in [5.41, 5.74) is 5.40. The molecule has 0 atom stereocenters. The zero-order valence-corrected chi connectivity index (χ0v) is 8.15. The molecule has 0 saturated heterocycles. The van der Waals surface area contributed by atoms with Gasteiger partial charge in [-0.25, -0.2) is 0 Å². The van der Waals surface area contributed by atoms with E-state index in [1.54, 1.807) is 0 Å². The maximum absolute atomic E-state index is 10.4. The van der Waals surface area contributed by atoms with Crippen LogP contribution in [0.2, 0.25) is 5.02 Å². The van der Waals surface area contributed by atoms with Gasteiger partial charge in [0.05, 0.1) is 11.0 Å². The van der Waals surface area contributed by atoms with Crippen molar-refractivity contribution in [3.8, 4) is 0 Å². The summed E-state index contributed by atoms with van der Waals surface area (Å²) in [5.74, 6) is -1.31. The highest BCUT2D eigenvalue weighted by atomic mass is 79.9. The second-order valence-corrected chi connectivity index (χ2v) is 3.40. The van der Waals surface area contributed by atoms with Gasteiger partial charge in [-0.15, -0.1) is 0 Å². The van der Waals surface area contributed by atoms with Crippen LogP contribution in [0.5, 0.6) is 0 Å². The number of carbonyl (C=O) groups is 1. The summed E-state index contributed by atoms with van der Waals surface area (Å²) in [6.45, 7) is 0. The van der Waals surface area contributed by atoms with Gasteiger partial charge < -0.3 is 15.6 Å². The number of carboxylic acids is 1. The van der Waals surface area contributed by atoms with Crippen LogP contribution in [0.25, 0.3) is 0 Å². The first-order valence-electron chi connectivity index (χ1n) is 2.98. The van der Waals surface area contributed by atoms with Crippen LogP contribution in [0.3, 0.4) is 0 Å². The highest BCUT2D eigenvalue weighted by Crippen LogP contribution is 2.27. The lowest BCUT2D eigenvalue weighted by molar-refractivity contribution is -0.254. The van der Waals surface area contributed by atoms with Gasteiger partial charge in [-0.1, -0.05) is 11.6 Å². The Labute approximate surface area is 82.3 Å². The third kappa shape index (κ3) is 1.70. The second-order valence-electron chi connectivity index (χ2n) is 2.14. The zero-order valence-electron chi connectivity index (χ0n) is 5.80. The lowest BCUT2D eigenvalue weighted by Gasteiger charge is -2.07. The number of nitrogens with two attached hydrogens (primary N) is 1. The number of carboxylic acid groups (broad SMARTS) is 1. The van der Waals surface area contributed by atoms with Crippen molar-refractivity contribution in [1.82, 2.24) is 0 Å². The van der Waals surface area contributed by atoms with Crippen molar-refractivity contribution in [2.45, 2.75) is 0 Å². The Morgan fingerprint density at radius 1 is 1.58 bits per heavy atom. The Morgan fingerprint density at radius 3 is 2.67 bits per heavy atom. The van der Waals surface area contributed by atoms with Crippen molar-refractivity contribution in [3.63, 3.8) is 0 Å². The molecule has 0 amide bonds. The van der Waals surface area contributed by atoms with Gasteiger partial charge in [-0.2, -0.15) is 0 Å². The number of halogens is 2. The van der Waals surface area contributed by atoms with Crippen molar-refractivity contribution in [2.75, 3.05) is 5.73 Å². The highest BCUT2D eigenvalue weighted by Gasteiger charge is 2.04. The third-order valence-corrected chi connectivity index (χ3v) is 2.51. The molecule has 0 heterocycles. The molecule has 0 aromatic heterocycles. The first-order chi connectivity index (χ1) is 5.52. The van der Waals surface area contributed by atoms with Crippen LogP contribution >= 0.6 is 27.5 Å². The monoisotopic (exact) mass is 248 g/mol. The van der Waals surface area contributed by atoms with E-state index in [2.05, 4.69) is 15.9 Å². The van der Waals surface area contributed by atoms with Gasteiger partial charge in [0.1, 0.15) is 0 Å². The second kappa shape index (κ2) is 3.33. The molecule has 0 aliphatic rings. The van der Waals surface area contributed by atoms with Gasteiger partial charge in [0, 0.05) is 15.7 Å². The Balaban J connectivity index is 3.33. The predicted octanol–water partition coefficient (Wildman–Crippen LogP) is 1.05. The van der Waals surface area contributed by atoms with E-state index in [1.807, 2.05) is 0 Å². The zero-order chi connectivity index (χ0) is 9.30.